The van der Waals surface area contributed by atoms with Gasteiger partial charge in [0.2, 0.25) is 0 Å². The molecule has 0 aliphatic heterocycles. The van der Waals surface area contributed by atoms with Gasteiger partial charge in [-0.15, -0.1) is 0 Å². The standard InChI is InChI=1S/C17H26O2/c1-10-4-5-13(8-11(10)2)17(18)16-7-6-15(19-16)14-9-12(14)3/h6-7,10-14,17-18H,4-5,8-9H2,1-3H3. The first-order valence-electron chi connectivity index (χ1n) is 7.84. The molecule has 2 saturated carbocycles. The lowest BCUT2D eigenvalue weighted by atomic mass is 9.73. The molecule has 0 saturated heterocycles. The molecule has 0 radical (unpaired) electrons. The third-order valence-corrected chi connectivity index (χ3v) is 5.50. The van der Waals surface area contributed by atoms with Crippen molar-refractivity contribution < 1.29 is 9.52 Å². The molecule has 0 aromatic carbocycles. The molecule has 1 heterocycles. The van der Waals surface area contributed by atoms with E-state index in [2.05, 4.69) is 26.8 Å². The van der Waals surface area contributed by atoms with Crippen LogP contribution in [-0.2, 0) is 0 Å². The van der Waals surface area contributed by atoms with Crippen molar-refractivity contribution >= 4 is 0 Å². The Labute approximate surface area is 116 Å². The van der Waals surface area contributed by atoms with Crippen molar-refractivity contribution in [2.45, 2.75) is 58.5 Å². The second kappa shape index (κ2) is 4.97. The van der Waals surface area contributed by atoms with Crippen molar-refractivity contribution in [1.29, 1.82) is 0 Å². The van der Waals surface area contributed by atoms with Crippen molar-refractivity contribution in [2.24, 2.45) is 23.7 Å². The smallest absolute Gasteiger partial charge is 0.132 e. The van der Waals surface area contributed by atoms with Gasteiger partial charge in [0.25, 0.3) is 0 Å². The Morgan fingerprint density at radius 2 is 1.79 bits per heavy atom. The first-order valence-corrected chi connectivity index (χ1v) is 7.84. The minimum atomic E-state index is -0.405. The van der Waals surface area contributed by atoms with Crippen molar-refractivity contribution in [3.8, 4) is 0 Å². The molecule has 19 heavy (non-hydrogen) atoms. The van der Waals surface area contributed by atoms with Gasteiger partial charge in [0.05, 0.1) is 0 Å². The van der Waals surface area contributed by atoms with Crippen LogP contribution in [0.15, 0.2) is 16.5 Å². The molecule has 2 nitrogen and oxygen atoms in total. The van der Waals surface area contributed by atoms with Crippen molar-refractivity contribution in [3.63, 3.8) is 0 Å². The normalized spacial score (nSPS) is 40.1. The fourth-order valence-corrected chi connectivity index (χ4v) is 3.55. The topological polar surface area (TPSA) is 33.4 Å². The molecule has 106 valence electrons. The van der Waals surface area contributed by atoms with Crippen LogP contribution in [0.4, 0.5) is 0 Å². The first-order chi connectivity index (χ1) is 9.06. The Bertz CT molecular complexity index is 436. The van der Waals surface area contributed by atoms with Gasteiger partial charge in [-0.05, 0) is 55.1 Å². The zero-order valence-corrected chi connectivity index (χ0v) is 12.3. The molecular formula is C17H26O2. The van der Waals surface area contributed by atoms with E-state index in [4.69, 9.17) is 4.42 Å². The third kappa shape index (κ3) is 2.60. The highest BCUT2D eigenvalue weighted by molar-refractivity contribution is 5.19. The summed E-state index contributed by atoms with van der Waals surface area (Å²) in [4.78, 5) is 0. The predicted molar refractivity (Wildman–Crippen MR) is 75.9 cm³/mol. The van der Waals surface area contributed by atoms with Gasteiger partial charge in [0, 0.05) is 5.92 Å². The Hall–Kier alpha value is -0.760. The van der Waals surface area contributed by atoms with E-state index in [0.717, 1.165) is 36.2 Å². The van der Waals surface area contributed by atoms with Crippen LogP contribution in [0.25, 0.3) is 0 Å². The zero-order chi connectivity index (χ0) is 13.6. The van der Waals surface area contributed by atoms with Gasteiger partial charge in [0.15, 0.2) is 0 Å². The number of hydrogen-bond donors (Lipinski definition) is 1. The zero-order valence-electron chi connectivity index (χ0n) is 12.3. The van der Waals surface area contributed by atoms with E-state index in [-0.39, 0.29) is 0 Å². The maximum Gasteiger partial charge on any atom is 0.132 e. The molecular weight excluding hydrogens is 236 g/mol. The monoisotopic (exact) mass is 262 g/mol. The fourth-order valence-electron chi connectivity index (χ4n) is 3.55. The summed E-state index contributed by atoms with van der Waals surface area (Å²) < 4.78 is 5.91. The minimum absolute atomic E-state index is 0.377. The average Bonchev–Trinajstić information content (AvgIpc) is 2.93. The molecule has 2 aliphatic carbocycles. The Morgan fingerprint density at radius 1 is 1.05 bits per heavy atom. The van der Waals surface area contributed by atoms with Gasteiger partial charge in [-0.3, -0.25) is 0 Å². The molecule has 2 aliphatic rings. The largest absolute Gasteiger partial charge is 0.463 e. The third-order valence-electron chi connectivity index (χ3n) is 5.50. The van der Waals surface area contributed by atoms with Crippen LogP contribution < -0.4 is 0 Å². The van der Waals surface area contributed by atoms with Crippen LogP contribution in [0.3, 0.4) is 0 Å². The number of rotatable bonds is 3. The van der Waals surface area contributed by atoms with E-state index >= 15 is 0 Å². The van der Waals surface area contributed by atoms with Gasteiger partial charge < -0.3 is 9.52 Å². The second-order valence-electron chi connectivity index (χ2n) is 7.03. The van der Waals surface area contributed by atoms with E-state index in [9.17, 15) is 5.11 Å². The Kier molecular flexibility index (Phi) is 3.46. The van der Waals surface area contributed by atoms with Crippen LogP contribution >= 0.6 is 0 Å². The summed E-state index contributed by atoms with van der Waals surface area (Å²) in [6, 6.07) is 4.06. The summed E-state index contributed by atoms with van der Waals surface area (Å²) in [7, 11) is 0. The van der Waals surface area contributed by atoms with Crippen LogP contribution in [-0.4, -0.2) is 5.11 Å². The van der Waals surface area contributed by atoms with E-state index < -0.39 is 6.10 Å². The summed E-state index contributed by atoms with van der Waals surface area (Å²) in [5.74, 6) is 5.12. The summed E-state index contributed by atoms with van der Waals surface area (Å²) in [5.41, 5.74) is 0. The maximum atomic E-state index is 10.5. The summed E-state index contributed by atoms with van der Waals surface area (Å²) in [5, 5.41) is 10.5. The molecule has 1 N–H and O–H groups in total. The van der Waals surface area contributed by atoms with Gasteiger partial charge in [-0.2, -0.15) is 0 Å². The summed E-state index contributed by atoms with van der Waals surface area (Å²) >= 11 is 0. The maximum absolute atomic E-state index is 10.5. The first kappa shape index (κ1) is 13.2. The molecule has 0 bridgehead atoms. The highest BCUT2D eigenvalue weighted by Crippen LogP contribution is 2.48. The number of hydrogen-bond acceptors (Lipinski definition) is 2. The van der Waals surface area contributed by atoms with Crippen molar-refractivity contribution in [2.75, 3.05) is 0 Å². The molecule has 6 atom stereocenters. The quantitative estimate of drug-likeness (QED) is 0.869. The van der Waals surface area contributed by atoms with Crippen LogP contribution in [0, 0.1) is 23.7 Å². The predicted octanol–water partition coefficient (Wildman–Crippen LogP) is 4.51. The van der Waals surface area contributed by atoms with Crippen molar-refractivity contribution in [1.82, 2.24) is 0 Å². The van der Waals surface area contributed by atoms with E-state index in [0.29, 0.717) is 17.8 Å². The molecule has 0 spiro atoms. The summed E-state index contributed by atoms with van der Waals surface area (Å²) in [6.45, 7) is 6.89. The van der Waals surface area contributed by atoms with Crippen LogP contribution in [0.5, 0.6) is 0 Å². The van der Waals surface area contributed by atoms with E-state index in [1.807, 2.05) is 6.07 Å². The van der Waals surface area contributed by atoms with Crippen molar-refractivity contribution in [3.05, 3.63) is 23.7 Å². The van der Waals surface area contributed by atoms with Crippen LogP contribution in [0.1, 0.15) is 70.0 Å². The second-order valence-corrected chi connectivity index (χ2v) is 7.03. The average molecular weight is 262 g/mol. The molecule has 1 aromatic heterocycles. The van der Waals surface area contributed by atoms with Gasteiger partial charge in [-0.25, -0.2) is 0 Å². The highest BCUT2D eigenvalue weighted by Gasteiger charge is 2.38. The number of furan rings is 1. The van der Waals surface area contributed by atoms with Crippen LogP contribution in [0.2, 0.25) is 0 Å². The lowest BCUT2D eigenvalue weighted by Gasteiger charge is -2.34. The Balaban J connectivity index is 1.66. The van der Waals surface area contributed by atoms with E-state index in [1.54, 1.807) is 0 Å². The number of aliphatic hydroxyl groups is 1. The molecule has 0 amide bonds. The summed E-state index contributed by atoms with van der Waals surface area (Å²) in [6.07, 6.45) is 4.32. The van der Waals surface area contributed by atoms with Gasteiger partial charge in [-0.1, -0.05) is 27.2 Å². The fraction of sp³-hybridized carbons (Fsp3) is 0.765. The van der Waals surface area contributed by atoms with Gasteiger partial charge >= 0.3 is 0 Å². The lowest BCUT2D eigenvalue weighted by Crippen LogP contribution is -2.25. The molecule has 6 unspecified atom stereocenters. The van der Waals surface area contributed by atoms with E-state index in [1.165, 1.54) is 12.8 Å². The lowest BCUT2D eigenvalue weighted by molar-refractivity contribution is 0.0399. The Morgan fingerprint density at radius 3 is 2.42 bits per heavy atom. The minimum Gasteiger partial charge on any atom is -0.463 e. The molecule has 2 fully saturated rings. The van der Waals surface area contributed by atoms with Gasteiger partial charge in [0.1, 0.15) is 17.6 Å². The molecule has 2 heteroatoms. The molecule has 3 rings (SSSR count). The molecule has 1 aromatic rings. The highest BCUT2D eigenvalue weighted by atomic mass is 16.4. The SMILES string of the molecule is CC1CCC(C(O)c2ccc(C3CC3C)o2)CC1C. The number of aliphatic hydroxyl groups excluding tert-OH is 1.